The summed E-state index contributed by atoms with van der Waals surface area (Å²) in [7, 11) is 0. The maximum absolute atomic E-state index is 14.0. The van der Waals surface area contributed by atoms with Gasteiger partial charge in [0.25, 0.3) is 0 Å². The lowest BCUT2D eigenvalue weighted by Gasteiger charge is -2.36. The van der Waals surface area contributed by atoms with Crippen molar-refractivity contribution < 1.29 is 9.59 Å². The Morgan fingerprint density at radius 3 is 2.19 bits per heavy atom. The number of carbonyl (C=O) groups is 2. The van der Waals surface area contributed by atoms with Crippen molar-refractivity contribution in [3.63, 3.8) is 0 Å². The number of nitriles is 1. The van der Waals surface area contributed by atoms with Crippen LogP contribution in [0.15, 0.2) is 91.0 Å². The topological polar surface area (TPSA) is 87.2 Å². The fourth-order valence-electron chi connectivity index (χ4n) is 5.23. The number of anilines is 1. The van der Waals surface area contributed by atoms with E-state index in [9.17, 15) is 14.9 Å². The Labute approximate surface area is 186 Å². The van der Waals surface area contributed by atoms with Gasteiger partial charge in [0.1, 0.15) is 6.04 Å². The van der Waals surface area contributed by atoms with E-state index in [1.54, 1.807) is 12.1 Å². The van der Waals surface area contributed by atoms with Crippen LogP contribution in [0.2, 0.25) is 0 Å². The number of amides is 1. The van der Waals surface area contributed by atoms with Gasteiger partial charge in [0.2, 0.25) is 5.91 Å². The number of fused-ring (bicyclic) bond motifs is 3. The first-order valence-corrected chi connectivity index (χ1v) is 10.5. The first kappa shape index (κ1) is 19.8. The highest BCUT2D eigenvalue weighted by Crippen LogP contribution is 2.55. The lowest BCUT2D eigenvalue weighted by atomic mass is 9.67. The lowest BCUT2D eigenvalue weighted by molar-refractivity contribution is -0.125. The number of carbonyl (C=O) groups excluding carboxylic acids is 2. The number of ketones is 1. The highest BCUT2D eigenvalue weighted by atomic mass is 16.1. The SMILES string of the molecule is N#C[C@]1(C(N)=O)[C@H](c2ccccc2)[C@H](C(=O)c2ccccc2)N2c3ccccc3C=C[C@@H]21. The molecule has 0 spiro atoms. The van der Waals surface area contributed by atoms with Gasteiger partial charge < -0.3 is 10.6 Å². The van der Waals surface area contributed by atoms with Crippen LogP contribution >= 0.6 is 0 Å². The second kappa shape index (κ2) is 7.51. The number of rotatable bonds is 4. The van der Waals surface area contributed by atoms with Crippen molar-refractivity contribution in [1.82, 2.24) is 0 Å². The Hall–Kier alpha value is -4.17. The highest BCUT2D eigenvalue weighted by Gasteiger charge is 2.65. The van der Waals surface area contributed by atoms with Crippen LogP contribution in [0.4, 0.5) is 5.69 Å². The van der Waals surface area contributed by atoms with Crippen molar-refractivity contribution in [2.45, 2.75) is 18.0 Å². The summed E-state index contributed by atoms with van der Waals surface area (Å²) in [5, 5.41) is 10.5. The van der Waals surface area contributed by atoms with Gasteiger partial charge in [-0.15, -0.1) is 0 Å². The Morgan fingerprint density at radius 1 is 0.906 bits per heavy atom. The Bertz CT molecular complexity index is 1260. The van der Waals surface area contributed by atoms with Gasteiger partial charge in [-0.1, -0.05) is 91.0 Å². The molecule has 1 fully saturated rings. The monoisotopic (exact) mass is 419 g/mol. The minimum Gasteiger partial charge on any atom is -0.368 e. The molecule has 0 unspecified atom stereocenters. The van der Waals surface area contributed by atoms with Gasteiger partial charge >= 0.3 is 0 Å². The van der Waals surface area contributed by atoms with Gasteiger partial charge in [0.05, 0.1) is 12.1 Å². The van der Waals surface area contributed by atoms with E-state index in [4.69, 9.17) is 5.73 Å². The van der Waals surface area contributed by atoms with E-state index < -0.39 is 29.3 Å². The van der Waals surface area contributed by atoms with E-state index in [0.29, 0.717) is 5.56 Å². The Kier molecular flexibility index (Phi) is 4.64. The largest absolute Gasteiger partial charge is 0.368 e. The number of nitrogens with zero attached hydrogens (tertiary/aromatic N) is 2. The number of hydrogen-bond donors (Lipinski definition) is 1. The number of hydrogen-bond acceptors (Lipinski definition) is 4. The predicted molar refractivity (Wildman–Crippen MR) is 123 cm³/mol. The average Bonchev–Trinajstić information content (AvgIpc) is 3.16. The highest BCUT2D eigenvalue weighted by molar-refractivity contribution is 6.06. The third-order valence-corrected chi connectivity index (χ3v) is 6.62. The third kappa shape index (κ3) is 2.70. The fraction of sp³-hybridized carbons (Fsp3) is 0.148. The van der Waals surface area contributed by atoms with Crippen LogP contribution in [-0.4, -0.2) is 23.8 Å². The van der Waals surface area contributed by atoms with Crippen molar-refractivity contribution >= 4 is 23.5 Å². The molecule has 0 aromatic heterocycles. The first-order valence-electron chi connectivity index (χ1n) is 10.5. The summed E-state index contributed by atoms with van der Waals surface area (Å²) in [5.41, 5.74) is 7.37. The minimum atomic E-state index is -1.61. The molecular formula is C27H21N3O2. The zero-order valence-electron chi connectivity index (χ0n) is 17.3. The van der Waals surface area contributed by atoms with Crippen LogP contribution in [0.1, 0.15) is 27.4 Å². The zero-order chi connectivity index (χ0) is 22.3. The van der Waals surface area contributed by atoms with Crippen molar-refractivity contribution in [2.75, 3.05) is 4.90 Å². The van der Waals surface area contributed by atoms with Crippen molar-refractivity contribution in [1.29, 1.82) is 5.26 Å². The lowest BCUT2D eigenvalue weighted by Crippen LogP contribution is -2.49. The molecular weight excluding hydrogens is 398 g/mol. The molecule has 4 atom stereocenters. The Balaban J connectivity index is 1.81. The first-order chi connectivity index (χ1) is 15.6. The van der Waals surface area contributed by atoms with Crippen LogP contribution in [-0.2, 0) is 4.79 Å². The second-order valence-corrected chi connectivity index (χ2v) is 8.18. The van der Waals surface area contributed by atoms with Gasteiger partial charge in [-0.05, 0) is 17.2 Å². The number of Topliss-reactive ketones (excluding diaryl/α,β-unsaturated/α-hetero) is 1. The van der Waals surface area contributed by atoms with Crippen molar-refractivity contribution in [3.8, 4) is 6.07 Å². The molecule has 32 heavy (non-hydrogen) atoms. The molecule has 156 valence electrons. The maximum Gasteiger partial charge on any atom is 0.241 e. The smallest absolute Gasteiger partial charge is 0.241 e. The van der Waals surface area contributed by atoms with E-state index in [1.807, 2.05) is 89.8 Å². The standard InChI is InChI=1S/C27H21N3O2/c28-17-27(26(29)32)22-16-15-18-9-7-8-14-21(18)30(22)24(23(27)19-10-3-1-4-11-19)25(31)20-12-5-2-6-13-20/h1-16,22-24H,(H2,29,32)/t22-,23-,24-,27-/m1/s1. The van der Waals surface area contributed by atoms with Crippen molar-refractivity contribution in [3.05, 3.63) is 108 Å². The molecule has 5 heteroatoms. The molecule has 3 aromatic rings. The predicted octanol–water partition coefficient (Wildman–Crippen LogP) is 3.93. The average molecular weight is 419 g/mol. The molecule has 2 aliphatic heterocycles. The molecule has 0 radical (unpaired) electrons. The molecule has 2 N–H and O–H groups in total. The maximum atomic E-state index is 14.0. The summed E-state index contributed by atoms with van der Waals surface area (Å²) >= 11 is 0. The van der Waals surface area contributed by atoms with Crippen molar-refractivity contribution in [2.24, 2.45) is 11.1 Å². The van der Waals surface area contributed by atoms with Gasteiger partial charge in [-0.2, -0.15) is 5.26 Å². The van der Waals surface area contributed by atoms with E-state index in [1.165, 1.54) is 0 Å². The van der Waals surface area contributed by atoms with Crippen LogP contribution in [0.25, 0.3) is 6.08 Å². The molecule has 2 heterocycles. The number of para-hydroxylation sites is 1. The molecule has 5 nitrogen and oxygen atoms in total. The van der Waals surface area contributed by atoms with E-state index in [2.05, 4.69) is 6.07 Å². The molecule has 2 aliphatic rings. The van der Waals surface area contributed by atoms with E-state index in [-0.39, 0.29) is 5.78 Å². The van der Waals surface area contributed by atoms with E-state index in [0.717, 1.165) is 16.8 Å². The molecule has 5 rings (SSSR count). The number of benzene rings is 3. The summed E-state index contributed by atoms with van der Waals surface area (Å²) in [6.45, 7) is 0. The van der Waals surface area contributed by atoms with Crippen LogP contribution in [0.3, 0.4) is 0 Å². The van der Waals surface area contributed by atoms with Gasteiger partial charge in [-0.3, -0.25) is 9.59 Å². The van der Waals surface area contributed by atoms with Gasteiger partial charge in [-0.25, -0.2) is 0 Å². The van der Waals surface area contributed by atoms with E-state index >= 15 is 0 Å². The quantitative estimate of drug-likeness (QED) is 0.649. The van der Waals surface area contributed by atoms with Crippen LogP contribution in [0, 0.1) is 16.7 Å². The molecule has 3 aromatic carbocycles. The summed E-state index contributed by atoms with van der Waals surface area (Å²) in [6, 6.07) is 26.8. The van der Waals surface area contributed by atoms with Gasteiger partial charge in [0.15, 0.2) is 11.2 Å². The van der Waals surface area contributed by atoms with Crippen LogP contribution in [0.5, 0.6) is 0 Å². The summed E-state index contributed by atoms with van der Waals surface area (Å²) < 4.78 is 0. The van der Waals surface area contributed by atoms with Crippen LogP contribution < -0.4 is 10.6 Å². The second-order valence-electron chi connectivity index (χ2n) is 8.18. The molecule has 1 amide bonds. The molecule has 1 saturated heterocycles. The third-order valence-electron chi connectivity index (χ3n) is 6.62. The summed E-state index contributed by atoms with van der Waals surface area (Å²) in [6.07, 6.45) is 3.74. The zero-order valence-corrected chi connectivity index (χ0v) is 17.3. The van der Waals surface area contributed by atoms with Gasteiger partial charge in [0, 0.05) is 17.2 Å². The fourth-order valence-corrected chi connectivity index (χ4v) is 5.23. The molecule has 0 saturated carbocycles. The molecule has 0 bridgehead atoms. The number of primary amides is 1. The Morgan fingerprint density at radius 2 is 1.53 bits per heavy atom. The normalized spacial score (nSPS) is 25.5. The minimum absolute atomic E-state index is 0.145. The number of nitrogens with two attached hydrogens (primary N) is 1. The summed E-state index contributed by atoms with van der Waals surface area (Å²) in [4.78, 5) is 29.0. The molecule has 0 aliphatic carbocycles. The summed E-state index contributed by atoms with van der Waals surface area (Å²) in [5.74, 6) is -1.61.